The molecule has 0 amide bonds. The van der Waals surface area contributed by atoms with Crippen LogP contribution in [0.25, 0.3) is 0 Å². The molecule has 1 saturated heterocycles. The van der Waals surface area contributed by atoms with E-state index in [1.807, 2.05) is 24.3 Å². The van der Waals surface area contributed by atoms with Crippen molar-refractivity contribution in [2.45, 2.75) is 70.4 Å². The average molecular weight is 474 g/mol. The summed E-state index contributed by atoms with van der Waals surface area (Å²) >= 11 is 0. The molecule has 0 aliphatic carbocycles. The van der Waals surface area contributed by atoms with Gasteiger partial charge in [0.15, 0.2) is 0 Å². The Hall–Kier alpha value is -1.42. The van der Waals surface area contributed by atoms with Gasteiger partial charge in [-0.25, -0.2) is 8.42 Å². The summed E-state index contributed by atoms with van der Waals surface area (Å²) in [6.07, 6.45) is 9.29. The molecule has 0 saturated carbocycles. The van der Waals surface area contributed by atoms with Crippen LogP contribution in [0.5, 0.6) is 0 Å². The first-order chi connectivity index (χ1) is 14.7. The minimum Gasteiger partial charge on any atom is -0.388 e. The highest BCUT2D eigenvalue weighted by atomic mass is 32.2. The van der Waals surface area contributed by atoms with Crippen LogP contribution in [0, 0.1) is 0 Å². The third-order valence-electron chi connectivity index (χ3n) is 5.55. The maximum absolute atomic E-state index is 12.6. The quantitative estimate of drug-likeness (QED) is 0.265. The van der Waals surface area contributed by atoms with E-state index in [2.05, 4.69) is 11.1 Å². The van der Waals surface area contributed by atoms with Crippen molar-refractivity contribution in [3.63, 3.8) is 0 Å². The number of aliphatic hydroxyl groups is 1. The topological polar surface area (TPSA) is 101 Å². The molecule has 2 unspecified atom stereocenters. The average Bonchev–Trinajstić information content (AvgIpc) is 3.04. The highest BCUT2D eigenvalue weighted by molar-refractivity contribution is 7.93. The Morgan fingerprint density at radius 2 is 1.90 bits per heavy atom. The monoisotopic (exact) mass is 473 g/mol. The molecule has 2 rings (SSSR count). The largest absolute Gasteiger partial charge is 0.388 e. The number of nitrogens with zero attached hydrogens (tertiary/aromatic N) is 1. The van der Waals surface area contributed by atoms with Crippen molar-refractivity contribution in [3.8, 4) is 0 Å². The zero-order chi connectivity index (χ0) is 22.9. The Balaban J connectivity index is 1.97. The van der Waals surface area contributed by atoms with E-state index in [4.69, 9.17) is 0 Å². The van der Waals surface area contributed by atoms with E-state index in [9.17, 15) is 21.9 Å². The lowest BCUT2D eigenvalue weighted by atomic mass is 10.0. The van der Waals surface area contributed by atoms with Crippen molar-refractivity contribution in [1.82, 2.24) is 0 Å². The van der Waals surface area contributed by atoms with E-state index in [0.29, 0.717) is 37.8 Å². The lowest BCUT2D eigenvalue weighted by Crippen LogP contribution is -2.32. The van der Waals surface area contributed by atoms with E-state index in [0.717, 1.165) is 31.9 Å². The molecule has 1 fully saturated rings. The summed E-state index contributed by atoms with van der Waals surface area (Å²) in [5.74, 6) is 0.0768. The number of allylic oxidation sites excluding steroid dienone is 1. The molecule has 31 heavy (non-hydrogen) atoms. The minimum absolute atomic E-state index is 0.0333. The van der Waals surface area contributed by atoms with Crippen molar-refractivity contribution < 1.29 is 26.1 Å². The van der Waals surface area contributed by atoms with Crippen molar-refractivity contribution in [3.05, 3.63) is 42.0 Å². The number of hydrogen-bond donors (Lipinski definition) is 1. The standard InChI is InChI=1S/C22H35NO6S2/c1-3-4-7-11-22(24)19-12-14-21(15-13-19)23-20(16-18-30(23,25)26)10-8-5-6-9-17-31(27,28)29-2/h5,8,12-15,20,22,24H,3-4,6-7,9-11,16-18H2,1-2H3. The van der Waals surface area contributed by atoms with Crippen LogP contribution < -0.4 is 4.31 Å². The Labute approximate surface area is 187 Å². The molecule has 1 aliphatic heterocycles. The van der Waals surface area contributed by atoms with Crippen LogP contribution in [0.4, 0.5) is 5.69 Å². The number of anilines is 1. The predicted molar refractivity (Wildman–Crippen MR) is 124 cm³/mol. The van der Waals surface area contributed by atoms with Crippen LogP contribution in [-0.2, 0) is 24.3 Å². The molecule has 7 nitrogen and oxygen atoms in total. The number of rotatable bonds is 13. The highest BCUT2D eigenvalue weighted by Gasteiger charge is 2.36. The van der Waals surface area contributed by atoms with Crippen LogP contribution in [0.1, 0.15) is 70.0 Å². The van der Waals surface area contributed by atoms with Crippen LogP contribution in [-0.4, -0.2) is 46.6 Å². The third-order valence-corrected chi connectivity index (χ3v) is 8.70. The summed E-state index contributed by atoms with van der Waals surface area (Å²) in [4.78, 5) is 0. The van der Waals surface area contributed by atoms with Gasteiger partial charge in [-0.15, -0.1) is 0 Å². The molecule has 9 heteroatoms. The summed E-state index contributed by atoms with van der Waals surface area (Å²) in [6, 6.07) is 7.00. The second kappa shape index (κ2) is 12.0. The first-order valence-corrected chi connectivity index (χ1v) is 14.1. The maximum Gasteiger partial charge on any atom is 0.267 e. The summed E-state index contributed by atoms with van der Waals surface area (Å²) in [5.41, 5.74) is 1.42. The number of aliphatic hydroxyl groups excluding tert-OH is 1. The van der Waals surface area contributed by atoms with Crippen molar-refractivity contribution in [1.29, 1.82) is 0 Å². The summed E-state index contributed by atoms with van der Waals surface area (Å²) < 4.78 is 53.8. The van der Waals surface area contributed by atoms with Crippen LogP contribution in [0.15, 0.2) is 36.4 Å². The van der Waals surface area contributed by atoms with Crippen molar-refractivity contribution in [2.24, 2.45) is 0 Å². The van der Waals surface area contributed by atoms with Gasteiger partial charge < -0.3 is 5.11 Å². The smallest absolute Gasteiger partial charge is 0.267 e. The van der Waals surface area contributed by atoms with Gasteiger partial charge in [-0.05, 0) is 49.8 Å². The summed E-state index contributed by atoms with van der Waals surface area (Å²) in [5, 5.41) is 10.3. The molecule has 2 atom stereocenters. The number of sulfonamides is 1. The number of hydrogen-bond acceptors (Lipinski definition) is 6. The Morgan fingerprint density at radius 1 is 1.19 bits per heavy atom. The number of benzene rings is 1. The fourth-order valence-electron chi connectivity index (χ4n) is 3.74. The van der Waals surface area contributed by atoms with E-state index < -0.39 is 26.2 Å². The van der Waals surface area contributed by atoms with E-state index in [1.54, 1.807) is 12.1 Å². The van der Waals surface area contributed by atoms with E-state index >= 15 is 0 Å². The highest BCUT2D eigenvalue weighted by Crippen LogP contribution is 2.32. The fraction of sp³-hybridized carbons (Fsp3) is 0.636. The molecule has 0 spiro atoms. The lowest BCUT2D eigenvalue weighted by Gasteiger charge is -2.25. The van der Waals surface area contributed by atoms with Gasteiger partial charge >= 0.3 is 0 Å². The van der Waals surface area contributed by atoms with Crippen LogP contribution in [0.2, 0.25) is 0 Å². The maximum atomic E-state index is 12.6. The van der Waals surface area contributed by atoms with Crippen LogP contribution in [0.3, 0.4) is 0 Å². The Morgan fingerprint density at radius 3 is 2.55 bits per heavy atom. The first-order valence-electron chi connectivity index (χ1n) is 10.9. The second-order valence-corrected chi connectivity index (χ2v) is 11.8. The molecule has 1 heterocycles. The van der Waals surface area contributed by atoms with Gasteiger partial charge in [0.05, 0.1) is 30.4 Å². The van der Waals surface area contributed by atoms with Gasteiger partial charge in [0, 0.05) is 6.04 Å². The van der Waals surface area contributed by atoms with Gasteiger partial charge in [-0.1, -0.05) is 50.5 Å². The molecular weight excluding hydrogens is 438 g/mol. The molecule has 1 aromatic carbocycles. The van der Waals surface area contributed by atoms with Gasteiger partial charge in [0.1, 0.15) is 0 Å². The molecule has 1 aliphatic rings. The van der Waals surface area contributed by atoms with Crippen molar-refractivity contribution >= 4 is 25.8 Å². The third kappa shape index (κ3) is 7.89. The molecule has 0 aromatic heterocycles. The molecule has 0 radical (unpaired) electrons. The van der Waals surface area contributed by atoms with Gasteiger partial charge in [0.25, 0.3) is 10.1 Å². The number of unbranched alkanes of at least 4 members (excludes halogenated alkanes) is 3. The Kier molecular flexibility index (Phi) is 9.99. The molecular formula is C22H35NO6S2. The predicted octanol–water partition coefficient (Wildman–Crippen LogP) is 3.91. The summed E-state index contributed by atoms with van der Waals surface area (Å²) in [6.45, 7) is 2.12. The molecule has 0 bridgehead atoms. The molecule has 1 N–H and O–H groups in total. The zero-order valence-electron chi connectivity index (χ0n) is 18.4. The second-order valence-electron chi connectivity index (χ2n) is 7.94. The van der Waals surface area contributed by atoms with Gasteiger partial charge in [0.2, 0.25) is 10.0 Å². The molecule has 176 valence electrons. The van der Waals surface area contributed by atoms with Crippen molar-refractivity contribution in [2.75, 3.05) is 22.9 Å². The first kappa shape index (κ1) is 25.8. The van der Waals surface area contributed by atoms with E-state index in [1.165, 1.54) is 4.31 Å². The minimum atomic E-state index is -3.44. The van der Waals surface area contributed by atoms with Gasteiger partial charge in [-0.3, -0.25) is 8.49 Å². The SMILES string of the molecule is CCCCCC(O)c1ccc(N2C(CC=CCCCS(=O)(=O)OC)CCS2(=O)=O)cc1. The van der Waals surface area contributed by atoms with Gasteiger partial charge in [-0.2, -0.15) is 8.42 Å². The van der Waals surface area contributed by atoms with Crippen LogP contribution >= 0.6 is 0 Å². The van der Waals surface area contributed by atoms with E-state index in [-0.39, 0.29) is 17.5 Å². The fourth-order valence-corrected chi connectivity index (χ4v) is 6.29. The normalized spacial score (nSPS) is 19.8. The Bertz CT molecular complexity index is 910. The summed E-state index contributed by atoms with van der Waals surface area (Å²) in [7, 11) is -5.65. The lowest BCUT2D eigenvalue weighted by molar-refractivity contribution is 0.163. The molecule has 1 aromatic rings. The zero-order valence-corrected chi connectivity index (χ0v) is 20.1.